The zero-order valence-electron chi connectivity index (χ0n) is 8.48. The van der Waals surface area contributed by atoms with E-state index in [1.807, 2.05) is 0 Å². The van der Waals surface area contributed by atoms with E-state index >= 15 is 0 Å². The quantitative estimate of drug-likeness (QED) is 0.412. The number of hydrogen-bond acceptors (Lipinski definition) is 0. The Kier molecular flexibility index (Phi) is 6.30. The Hall–Kier alpha value is -0.260. The van der Waals surface area contributed by atoms with Crippen LogP contribution in [-0.2, 0) is 0 Å². The number of unbranched alkanes of at least 4 members (excludes halogenated alkanes) is 3. The lowest BCUT2D eigenvalue weighted by atomic mass is 10.0. The van der Waals surface area contributed by atoms with Crippen LogP contribution in [0.1, 0.15) is 53.4 Å². The third-order valence-corrected chi connectivity index (χ3v) is 2.18. The van der Waals surface area contributed by atoms with Crippen molar-refractivity contribution in [1.82, 2.24) is 0 Å². The molecule has 0 spiro atoms. The molecule has 0 heterocycles. The van der Waals surface area contributed by atoms with Crippen LogP contribution in [0.5, 0.6) is 0 Å². The molecule has 0 radical (unpaired) electrons. The normalized spacial score (nSPS) is 12.6. The van der Waals surface area contributed by atoms with E-state index in [4.69, 9.17) is 0 Å². The van der Waals surface area contributed by atoms with E-state index in [-0.39, 0.29) is 0 Å². The first kappa shape index (κ1) is 10.7. The van der Waals surface area contributed by atoms with Crippen LogP contribution in [0.3, 0.4) is 0 Å². The van der Waals surface area contributed by atoms with Gasteiger partial charge in [-0.15, -0.1) is 0 Å². The summed E-state index contributed by atoms with van der Waals surface area (Å²) in [4.78, 5) is 0. The van der Waals surface area contributed by atoms with Crippen molar-refractivity contribution < 1.29 is 0 Å². The molecule has 0 bridgehead atoms. The molecule has 0 unspecified atom stereocenters. The van der Waals surface area contributed by atoms with Crippen LogP contribution in [0, 0.1) is 5.92 Å². The van der Waals surface area contributed by atoms with Gasteiger partial charge in [-0.05, 0) is 25.7 Å². The molecule has 0 fully saturated rings. The summed E-state index contributed by atoms with van der Waals surface area (Å²) in [6.45, 7) is 8.99. The fourth-order valence-corrected chi connectivity index (χ4v) is 0.960. The third kappa shape index (κ3) is 6.15. The minimum atomic E-state index is 0.733. The summed E-state index contributed by atoms with van der Waals surface area (Å²) in [6, 6.07) is 0. The zero-order valence-corrected chi connectivity index (χ0v) is 8.48. The van der Waals surface area contributed by atoms with Gasteiger partial charge in [0.15, 0.2) is 0 Å². The fraction of sp³-hybridized carbons (Fsp3) is 0.818. The van der Waals surface area contributed by atoms with Crippen LogP contribution >= 0.6 is 0 Å². The van der Waals surface area contributed by atoms with Crippen LogP contribution in [0.2, 0.25) is 0 Å². The van der Waals surface area contributed by atoms with Gasteiger partial charge < -0.3 is 0 Å². The third-order valence-electron chi connectivity index (χ3n) is 2.18. The van der Waals surface area contributed by atoms with Gasteiger partial charge in [-0.2, -0.15) is 0 Å². The molecule has 0 heteroatoms. The minimum Gasteiger partial charge on any atom is -0.0854 e. The molecule has 0 nitrogen and oxygen atoms in total. The van der Waals surface area contributed by atoms with Crippen LogP contribution < -0.4 is 0 Å². The highest BCUT2D eigenvalue weighted by molar-refractivity contribution is 5.00. The Balaban J connectivity index is 3.40. The molecule has 0 aromatic heterocycles. The Bertz CT molecular complexity index is 109. The van der Waals surface area contributed by atoms with Gasteiger partial charge in [0.1, 0.15) is 0 Å². The van der Waals surface area contributed by atoms with E-state index in [9.17, 15) is 0 Å². The largest absolute Gasteiger partial charge is 0.0854 e. The molecule has 0 rings (SSSR count). The second-order valence-electron chi connectivity index (χ2n) is 3.60. The first-order chi connectivity index (χ1) is 5.18. The van der Waals surface area contributed by atoms with Crippen molar-refractivity contribution in [3.05, 3.63) is 11.6 Å². The van der Waals surface area contributed by atoms with Crippen molar-refractivity contribution in [2.75, 3.05) is 0 Å². The molecule has 0 atom stereocenters. The average Bonchev–Trinajstić information content (AvgIpc) is 1.97. The fourth-order valence-electron chi connectivity index (χ4n) is 0.960. The predicted octanol–water partition coefficient (Wildman–Crippen LogP) is 4.17. The lowest BCUT2D eigenvalue weighted by molar-refractivity contribution is 0.710. The van der Waals surface area contributed by atoms with Gasteiger partial charge in [-0.25, -0.2) is 0 Å². The number of allylic oxidation sites excluding steroid dienone is 2. The van der Waals surface area contributed by atoms with E-state index in [1.165, 1.54) is 25.7 Å². The van der Waals surface area contributed by atoms with E-state index in [2.05, 4.69) is 33.8 Å². The predicted molar refractivity (Wildman–Crippen MR) is 52.7 cm³/mol. The first-order valence-electron chi connectivity index (χ1n) is 4.85. The SMILES string of the molecule is CCCCC/C=C(\C)C(C)C. The summed E-state index contributed by atoms with van der Waals surface area (Å²) in [7, 11) is 0. The summed E-state index contributed by atoms with van der Waals surface area (Å²) in [6.07, 6.45) is 7.73. The molecule has 0 saturated carbocycles. The maximum atomic E-state index is 2.39. The topological polar surface area (TPSA) is 0 Å². The standard InChI is InChI=1S/C11H22/c1-5-6-7-8-9-11(4)10(2)3/h9-10H,5-8H2,1-4H3/b11-9+. The highest BCUT2D eigenvalue weighted by Gasteiger charge is 1.93. The molecule has 0 aliphatic rings. The van der Waals surface area contributed by atoms with Gasteiger partial charge in [0.05, 0.1) is 0 Å². The molecular weight excluding hydrogens is 132 g/mol. The summed E-state index contributed by atoms with van der Waals surface area (Å²) in [5.41, 5.74) is 1.54. The van der Waals surface area contributed by atoms with Gasteiger partial charge in [-0.3, -0.25) is 0 Å². The van der Waals surface area contributed by atoms with Crippen molar-refractivity contribution in [3.8, 4) is 0 Å². The Morgan fingerprint density at radius 1 is 1.27 bits per heavy atom. The van der Waals surface area contributed by atoms with Crippen molar-refractivity contribution in [1.29, 1.82) is 0 Å². The number of hydrogen-bond donors (Lipinski definition) is 0. The lowest BCUT2D eigenvalue weighted by Crippen LogP contribution is -1.87. The Morgan fingerprint density at radius 2 is 1.91 bits per heavy atom. The molecule has 11 heavy (non-hydrogen) atoms. The highest BCUT2D eigenvalue weighted by Crippen LogP contribution is 2.10. The van der Waals surface area contributed by atoms with Crippen molar-refractivity contribution in [3.63, 3.8) is 0 Å². The molecule has 0 aliphatic carbocycles. The van der Waals surface area contributed by atoms with Crippen molar-refractivity contribution >= 4 is 0 Å². The van der Waals surface area contributed by atoms with Crippen LogP contribution in [0.25, 0.3) is 0 Å². The smallest absolute Gasteiger partial charge is 0.0263 e. The molecule has 66 valence electrons. The molecule has 0 aliphatic heterocycles. The van der Waals surface area contributed by atoms with Crippen LogP contribution in [0.15, 0.2) is 11.6 Å². The highest BCUT2D eigenvalue weighted by atomic mass is 14.0. The van der Waals surface area contributed by atoms with Crippen LogP contribution in [0.4, 0.5) is 0 Å². The van der Waals surface area contributed by atoms with Crippen LogP contribution in [-0.4, -0.2) is 0 Å². The second kappa shape index (κ2) is 6.45. The summed E-state index contributed by atoms with van der Waals surface area (Å²) in [5.74, 6) is 0.733. The molecule has 0 aromatic carbocycles. The van der Waals surface area contributed by atoms with Gasteiger partial charge in [0.25, 0.3) is 0 Å². The van der Waals surface area contributed by atoms with Gasteiger partial charge >= 0.3 is 0 Å². The molecule has 0 N–H and O–H groups in total. The van der Waals surface area contributed by atoms with Crippen molar-refractivity contribution in [2.24, 2.45) is 5.92 Å². The van der Waals surface area contributed by atoms with Gasteiger partial charge in [0, 0.05) is 0 Å². The van der Waals surface area contributed by atoms with E-state index in [0.717, 1.165) is 5.92 Å². The molecule has 0 saturated heterocycles. The van der Waals surface area contributed by atoms with E-state index < -0.39 is 0 Å². The van der Waals surface area contributed by atoms with E-state index in [1.54, 1.807) is 5.57 Å². The minimum absolute atomic E-state index is 0.733. The van der Waals surface area contributed by atoms with E-state index in [0.29, 0.717) is 0 Å². The van der Waals surface area contributed by atoms with Crippen molar-refractivity contribution in [2.45, 2.75) is 53.4 Å². The second-order valence-corrected chi connectivity index (χ2v) is 3.60. The zero-order chi connectivity index (χ0) is 8.69. The monoisotopic (exact) mass is 154 g/mol. The maximum absolute atomic E-state index is 2.39. The summed E-state index contributed by atoms with van der Waals surface area (Å²) in [5, 5.41) is 0. The molecular formula is C11H22. The lowest BCUT2D eigenvalue weighted by Gasteiger charge is -2.03. The molecule has 0 aromatic rings. The van der Waals surface area contributed by atoms with Gasteiger partial charge in [-0.1, -0.05) is 45.3 Å². The molecule has 0 amide bonds. The maximum Gasteiger partial charge on any atom is -0.0263 e. The Morgan fingerprint density at radius 3 is 2.36 bits per heavy atom. The average molecular weight is 154 g/mol. The summed E-state index contributed by atoms with van der Waals surface area (Å²) < 4.78 is 0. The number of rotatable bonds is 5. The first-order valence-corrected chi connectivity index (χ1v) is 4.85. The summed E-state index contributed by atoms with van der Waals surface area (Å²) >= 11 is 0. The van der Waals surface area contributed by atoms with Gasteiger partial charge in [0.2, 0.25) is 0 Å². The Labute approximate surface area is 71.7 Å².